The molecule has 126 valence electrons. The van der Waals surface area contributed by atoms with Crippen molar-refractivity contribution in [1.82, 2.24) is 9.97 Å². The molecule has 1 aliphatic heterocycles. The molecule has 0 saturated carbocycles. The molecule has 8 nitrogen and oxygen atoms in total. The number of nitrogens with two attached hydrogens (primary N) is 1. The highest BCUT2D eigenvalue weighted by Crippen LogP contribution is 2.34. The molecule has 0 bridgehead atoms. The maximum absolute atomic E-state index is 12.4. The number of halogens is 1. The SMILES string of the molecule is COc1c(C)c[n+]([O-])c(CN2C(=O)Cc3c(Cl)nc(N)nc32)c1C. The summed E-state index contributed by atoms with van der Waals surface area (Å²) >= 11 is 6.04. The van der Waals surface area contributed by atoms with Crippen molar-refractivity contribution in [1.29, 1.82) is 0 Å². The van der Waals surface area contributed by atoms with Crippen LogP contribution in [0.5, 0.6) is 5.75 Å². The van der Waals surface area contributed by atoms with Crippen molar-refractivity contribution < 1.29 is 14.3 Å². The van der Waals surface area contributed by atoms with Crippen LogP contribution in [0.4, 0.5) is 11.8 Å². The number of aryl methyl sites for hydroxylation is 1. The van der Waals surface area contributed by atoms with Gasteiger partial charge in [0.1, 0.15) is 23.3 Å². The zero-order valence-electron chi connectivity index (χ0n) is 13.5. The van der Waals surface area contributed by atoms with E-state index >= 15 is 0 Å². The fourth-order valence-electron chi connectivity index (χ4n) is 2.92. The number of carbonyl (C=O) groups is 1. The van der Waals surface area contributed by atoms with E-state index in [1.807, 2.05) is 0 Å². The summed E-state index contributed by atoms with van der Waals surface area (Å²) in [6.45, 7) is 3.61. The molecular weight excluding hydrogens is 334 g/mol. The molecule has 24 heavy (non-hydrogen) atoms. The number of nitrogen functional groups attached to an aromatic ring is 1. The molecular formula is C15H16ClN5O3. The summed E-state index contributed by atoms with van der Waals surface area (Å²) in [6.07, 6.45) is 1.50. The molecule has 3 heterocycles. The van der Waals surface area contributed by atoms with Gasteiger partial charge in [0, 0.05) is 5.56 Å². The molecule has 1 aliphatic rings. The molecule has 2 aromatic rings. The Kier molecular flexibility index (Phi) is 3.92. The van der Waals surface area contributed by atoms with E-state index in [0.717, 1.165) is 10.3 Å². The smallest absolute Gasteiger partial charge is 0.233 e. The Morgan fingerprint density at radius 1 is 1.46 bits per heavy atom. The number of hydrogen-bond donors (Lipinski definition) is 1. The third kappa shape index (κ3) is 2.48. The van der Waals surface area contributed by atoms with Gasteiger partial charge in [-0.2, -0.15) is 9.71 Å². The quantitative estimate of drug-likeness (QED) is 0.504. The number of amides is 1. The number of methoxy groups -OCH3 is 1. The number of hydrogen-bond acceptors (Lipinski definition) is 6. The molecule has 0 atom stereocenters. The molecule has 0 saturated heterocycles. The predicted molar refractivity (Wildman–Crippen MR) is 87.8 cm³/mol. The summed E-state index contributed by atoms with van der Waals surface area (Å²) in [4.78, 5) is 21.7. The van der Waals surface area contributed by atoms with Crippen LogP contribution in [-0.2, 0) is 17.8 Å². The molecule has 2 aromatic heterocycles. The maximum Gasteiger partial charge on any atom is 0.233 e. The fraction of sp³-hybridized carbons (Fsp3) is 0.333. The molecule has 0 aliphatic carbocycles. The van der Waals surface area contributed by atoms with Crippen LogP contribution in [0.25, 0.3) is 0 Å². The second-order valence-corrected chi connectivity index (χ2v) is 5.93. The highest BCUT2D eigenvalue weighted by molar-refractivity contribution is 6.31. The average molecular weight is 350 g/mol. The minimum absolute atomic E-state index is 0.0216. The van der Waals surface area contributed by atoms with E-state index in [4.69, 9.17) is 22.1 Å². The van der Waals surface area contributed by atoms with E-state index in [-0.39, 0.29) is 30.0 Å². The first kappa shape index (κ1) is 16.3. The van der Waals surface area contributed by atoms with Crippen LogP contribution in [-0.4, -0.2) is 23.0 Å². The molecule has 0 unspecified atom stereocenters. The fourth-order valence-corrected chi connectivity index (χ4v) is 3.16. The first-order valence-electron chi connectivity index (χ1n) is 7.22. The van der Waals surface area contributed by atoms with Crippen molar-refractivity contribution >= 4 is 29.3 Å². The molecule has 0 fully saturated rings. The number of carbonyl (C=O) groups excluding carboxylic acids is 1. The van der Waals surface area contributed by atoms with Crippen LogP contribution in [0.15, 0.2) is 6.20 Å². The van der Waals surface area contributed by atoms with Gasteiger partial charge in [-0.3, -0.25) is 9.69 Å². The number of nitrogens with zero attached hydrogens (tertiary/aromatic N) is 4. The standard InChI is InChI=1S/C15H16ClN5O3/c1-7-5-21(23)10(8(2)12(7)24-3)6-20-11(22)4-9-13(16)18-15(17)19-14(9)20/h5H,4,6H2,1-3H3,(H2,17,18,19). The van der Waals surface area contributed by atoms with Gasteiger partial charge in [-0.15, -0.1) is 0 Å². The number of pyridine rings is 1. The van der Waals surface area contributed by atoms with E-state index in [1.165, 1.54) is 18.2 Å². The molecule has 0 radical (unpaired) electrons. The van der Waals surface area contributed by atoms with Crippen molar-refractivity contribution in [2.75, 3.05) is 17.7 Å². The second kappa shape index (κ2) is 5.79. The monoisotopic (exact) mass is 349 g/mol. The van der Waals surface area contributed by atoms with E-state index < -0.39 is 0 Å². The lowest BCUT2D eigenvalue weighted by Crippen LogP contribution is -2.39. The van der Waals surface area contributed by atoms with Crippen LogP contribution < -0.4 is 20.1 Å². The lowest BCUT2D eigenvalue weighted by molar-refractivity contribution is -0.614. The summed E-state index contributed by atoms with van der Waals surface area (Å²) in [5.41, 5.74) is 7.93. The molecule has 0 spiro atoms. The Morgan fingerprint density at radius 3 is 2.83 bits per heavy atom. The van der Waals surface area contributed by atoms with E-state index in [9.17, 15) is 10.0 Å². The Hall–Kier alpha value is -2.61. The predicted octanol–water partition coefficient (Wildman–Crippen LogP) is 1.06. The second-order valence-electron chi connectivity index (χ2n) is 5.57. The minimum Gasteiger partial charge on any atom is -0.618 e. The lowest BCUT2D eigenvalue weighted by atomic mass is 10.1. The molecule has 2 N–H and O–H groups in total. The zero-order valence-corrected chi connectivity index (χ0v) is 14.2. The summed E-state index contributed by atoms with van der Waals surface area (Å²) in [6, 6.07) is 0. The number of aromatic nitrogens is 3. The summed E-state index contributed by atoms with van der Waals surface area (Å²) in [7, 11) is 1.54. The van der Waals surface area contributed by atoms with Crippen LogP contribution in [0.2, 0.25) is 5.15 Å². The topological polar surface area (TPSA) is 108 Å². The number of rotatable bonds is 3. The van der Waals surface area contributed by atoms with E-state index in [0.29, 0.717) is 28.4 Å². The number of fused-ring (bicyclic) bond motifs is 1. The van der Waals surface area contributed by atoms with Gasteiger partial charge < -0.3 is 15.7 Å². The minimum atomic E-state index is -0.217. The Labute approximate surface area is 143 Å². The van der Waals surface area contributed by atoms with E-state index in [2.05, 4.69) is 9.97 Å². The number of ether oxygens (including phenoxy) is 1. The van der Waals surface area contributed by atoms with Gasteiger partial charge in [0.25, 0.3) is 0 Å². The molecule has 9 heteroatoms. The Morgan fingerprint density at radius 2 is 2.17 bits per heavy atom. The van der Waals surface area contributed by atoms with Gasteiger partial charge in [-0.25, -0.2) is 4.98 Å². The maximum atomic E-state index is 12.4. The normalized spacial score (nSPS) is 13.3. The molecule has 0 aromatic carbocycles. The first-order chi connectivity index (χ1) is 11.3. The summed E-state index contributed by atoms with van der Waals surface area (Å²) in [5, 5.41) is 12.5. The average Bonchev–Trinajstić information content (AvgIpc) is 2.80. The van der Waals surface area contributed by atoms with Crippen LogP contribution >= 0.6 is 11.6 Å². The first-order valence-corrected chi connectivity index (χ1v) is 7.59. The number of anilines is 2. The van der Waals surface area contributed by atoms with Crippen LogP contribution in [0.3, 0.4) is 0 Å². The Balaban J connectivity index is 2.07. The van der Waals surface area contributed by atoms with Crippen LogP contribution in [0.1, 0.15) is 22.4 Å². The van der Waals surface area contributed by atoms with Gasteiger partial charge in [0.2, 0.25) is 17.5 Å². The summed E-state index contributed by atoms with van der Waals surface area (Å²) in [5.74, 6) is 0.720. The zero-order chi connectivity index (χ0) is 17.6. The van der Waals surface area contributed by atoms with Gasteiger partial charge in [-0.05, 0) is 13.8 Å². The highest BCUT2D eigenvalue weighted by Gasteiger charge is 2.34. The van der Waals surface area contributed by atoms with E-state index in [1.54, 1.807) is 13.8 Å². The highest BCUT2D eigenvalue weighted by atomic mass is 35.5. The van der Waals surface area contributed by atoms with Gasteiger partial charge in [0.05, 0.1) is 24.7 Å². The van der Waals surface area contributed by atoms with Gasteiger partial charge in [-0.1, -0.05) is 11.6 Å². The summed E-state index contributed by atoms with van der Waals surface area (Å²) < 4.78 is 6.09. The molecule has 3 rings (SSSR count). The van der Waals surface area contributed by atoms with Crippen molar-refractivity contribution in [2.45, 2.75) is 26.8 Å². The third-order valence-electron chi connectivity index (χ3n) is 4.06. The van der Waals surface area contributed by atoms with Gasteiger partial charge in [0.15, 0.2) is 6.20 Å². The lowest BCUT2D eigenvalue weighted by Gasteiger charge is -2.19. The van der Waals surface area contributed by atoms with Crippen molar-refractivity contribution in [3.8, 4) is 5.75 Å². The van der Waals surface area contributed by atoms with Crippen LogP contribution in [0, 0.1) is 19.1 Å². The van der Waals surface area contributed by atoms with Crippen molar-refractivity contribution in [2.24, 2.45) is 0 Å². The Bertz CT molecular complexity index is 856. The van der Waals surface area contributed by atoms with Crippen molar-refractivity contribution in [3.05, 3.63) is 38.9 Å². The van der Waals surface area contributed by atoms with Crippen molar-refractivity contribution in [3.63, 3.8) is 0 Å². The largest absolute Gasteiger partial charge is 0.618 e. The van der Waals surface area contributed by atoms with Gasteiger partial charge >= 0.3 is 0 Å². The molecule has 1 amide bonds. The third-order valence-corrected chi connectivity index (χ3v) is 4.37.